The molecule has 0 aromatic heterocycles. The van der Waals surface area contributed by atoms with E-state index in [0.717, 1.165) is 13.0 Å². The van der Waals surface area contributed by atoms with Gasteiger partial charge in [0.15, 0.2) is 0 Å². The zero-order chi connectivity index (χ0) is 9.68. The van der Waals surface area contributed by atoms with Crippen LogP contribution < -0.4 is 0 Å². The molecule has 0 amide bonds. The first-order valence-corrected chi connectivity index (χ1v) is 5.03. The molecule has 0 saturated heterocycles. The van der Waals surface area contributed by atoms with Gasteiger partial charge in [0, 0.05) is 6.61 Å². The van der Waals surface area contributed by atoms with Crippen molar-refractivity contribution >= 4 is 10.5 Å². The van der Waals surface area contributed by atoms with Gasteiger partial charge in [-0.3, -0.25) is 0 Å². The molecule has 1 rings (SSSR count). The van der Waals surface area contributed by atoms with Gasteiger partial charge in [-0.05, 0) is 23.5 Å². The van der Waals surface area contributed by atoms with Gasteiger partial charge in [-0.15, -0.1) is 0 Å². The molecule has 0 aliphatic rings. The summed E-state index contributed by atoms with van der Waals surface area (Å²) < 4.78 is 4.89. The van der Waals surface area contributed by atoms with Crippen molar-refractivity contribution in [3.8, 4) is 0 Å². The van der Waals surface area contributed by atoms with Gasteiger partial charge in [0.2, 0.25) is 10.5 Å². The molecule has 0 aliphatic heterocycles. The molecule has 13 heavy (non-hydrogen) atoms. The highest BCUT2D eigenvalue weighted by atomic mass is 28.2. The van der Waals surface area contributed by atoms with Crippen molar-refractivity contribution in [2.45, 2.75) is 26.2 Å². The summed E-state index contributed by atoms with van der Waals surface area (Å²) in [7, 11) is 3.01. The van der Waals surface area contributed by atoms with Crippen molar-refractivity contribution in [1.29, 1.82) is 0 Å². The second kappa shape index (κ2) is 5.20. The zero-order valence-corrected chi connectivity index (χ0v) is 9.21. The molecule has 0 N–H and O–H groups in total. The van der Waals surface area contributed by atoms with Crippen molar-refractivity contribution < 1.29 is 4.43 Å². The molecule has 0 fully saturated rings. The van der Waals surface area contributed by atoms with Gasteiger partial charge in [-0.25, -0.2) is 0 Å². The number of benzene rings is 1. The van der Waals surface area contributed by atoms with E-state index in [1.165, 1.54) is 11.1 Å². The Hall–Kier alpha value is -0.603. The first kappa shape index (κ1) is 10.5. The average molecular weight is 191 g/mol. The fraction of sp³-hybridized carbons (Fsp3) is 0.455. The van der Waals surface area contributed by atoms with Gasteiger partial charge in [-0.2, -0.15) is 0 Å². The first-order valence-electron chi connectivity index (χ1n) is 4.62. The van der Waals surface area contributed by atoms with E-state index >= 15 is 0 Å². The molecule has 0 atom stereocenters. The molecule has 0 saturated carbocycles. The summed E-state index contributed by atoms with van der Waals surface area (Å²) in [6.45, 7) is 5.15. The third-order valence-corrected chi connectivity index (χ3v) is 2.35. The number of hydrogen-bond donors (Lipinski definition) is 0. The SMILES string of the molecule is CC(C)c1ccccc1CCO[Si]. The van der Waals surface area contributed by atoms with Gasteiger partial charge in [-0.1, -0.05) is 38.1 Å². The molecule has 0 bridgehead atoms. The lowest BCUT2D eigenvalue weighted by Gasteiger charge is -2.11. The minimum Gasteiger partial charge on any atom is -0.418 e. The van der Waals surface area contributed by atoms with Gasteiger partial charge < -0.3 is 4.43 Å². The van der Waals surface area contributed by atoms with E-state index in [1.807, 2.05) is 0 Å². The minimum atomic E-state index is 0.589. The lowest BCUT2D eigenvalue weighted by molar-refractivity contribution is 0.353. The molecule has 0 aliphatic carbocycles. The first-order chi connectivity index (χ1) is 6.25. The lowest BCUT2D eigenvalue weighted by atomic mass is 9.96. The molecule has 0 spiro atoms. The Kier molecular flexibility index (Phi) is 4.19. The van der Waals surface area contributed by atoms with Crippen molar-refractivity contribution in [2.24, 2.45) is 0 Å². The van der Waals surface area contributed by atoms with Crippen LogP contribution >= 0.6 is 0 Å². The van der Waals surface area contributed by atoms with E-state index < -0.39 is 0 Å². The summed E-state index contributed by atoms with van der Waals surface area (Å²) in [6.07, 6.45) is 0.970. The monoisotopic (exact) mass is 191 g/mol. The number of rotatable bonds is 4. The fourth-order valence-electron chi connectivity index (χ4n) is 1.49. The van der Waals surface area contributed by atoms with Crippen LogP contribution in [0, 0.1) is 0 Å². The van der Waals surface area contributed by atoms with E-state index in [0.29, 0.717) is 5.92 Å². The van der Waals surface area contributed by atoms with Crippen LogP contribution in [-0.4, -0.2) is 17.1 Å². The predicted octanol–water partition coefficient (Wildman–Crippen LogP) is 2.45. The summed E-state index contributed by atoms with van der Waals surface area (Å²) >= 11 is 0. The van der Waals surface area contributed by atoms with E-state index in [2.05, 4.69) is 48.6 Å². The lowest BCUT2D eigenvalue weighted by Crippen LogP contribution is -2.00. The molecule has 1 nitrogen and oxygen atoms in total. The highest BCUT2D eigenvalue weighted by molar-refractivity contribution is 5.97. The second-order valence-corrected chi connectivity index (χ2v) is 3.74. The topological polar surface area (TPSA) is 9.23 Å². The Morgan fingerprint density at radius 3 is 2.62 bits per heavy atom. The van der Waals surface area contributed by atoms with Gasteiger partial charge in [0.05, 0.1) is 0 Å². The summed E-state index contributed by atoms with van der Waals surface area (Å²) in [5.74, 6) is 0.589. The van der Waals surface area contributed by atoms with E-state index in [-0.39, 0.29) is 0 Å². The summed E-state index contributed by atoms with van der Waals surface area (Å²) in [5, 5.41) is 0. The van der Waals surface area contributed by atoms with Gasteiger partial charge in [0.25, 0.3) is 0 Å². The molecule has 0 heterocycles. The van der Waals surface area contributed by atoms with E-state index in [4.69, 9.17) is 4.43 Å². The minimum absolute atomic E-state index is 0.589. The van der Waals surface area contributed by atoms with Crippen LogP contribution in [0.15, 0.2) is 24.3 Å². The maximum Gasteiger partial charge on any atom is 0.246 e. The fourth-order valence-corrected chi connectivity index (χ4v) is 1.59. The quantitative estimate of drug-likeness (QED) is 0.664. The largest absolute Gasteiger partial charge is 0.418 e. The van der Waals surface area contributed by atoms with Crippen LogP contribution in [0.3, 0.4) is 0 Å². The molecular formula is C11H15OSi. The predicted molar refractivity (Wildman–Crippen MR) is 55.9 cm³/mol. The van der Waals surface area contributed by atoms with Crippen LogP contribution in [0.2, 0.25) is 0 Å². The molecule has 0 unspecified atom stereocenters. The van der Waals surface area contributed by atoms with Gasteiger partial charge >= 0.3 is 0 Å². The summed E-state index contributed by atoms with van der Waals surface area (Å²) in [6, 6.07) is 8.52. The zero-order valence-electron chi connectivity index (χ0n) is 8.21. The van der Waals surface area contributed by atoms with Gasteiger partial charge in [0.1, 0.15) is 0 Å². The highest BCUT2D eigenvalue weighted by Crippen LogP contribution is 2.19. The average Bonchev–Trinajstić information content (AvgIpc) is 2.15. The molecule has 69 valence electrons. The van der Waals surface area contributed by atoms with Crippen LogP contribution in [0.4, 0.5) is 0 Å². The molecule has 3 radical (unpaired) electrons. The Labute approximate surface area is 83.7 Å². The second-order valence-electron chi connectivity index (χ2n) is 3.45. The third-order valence-electron chi connectivity index (χ3n) is 2.15. The summed E-state index contributed by atoms with van der Waals surface area (Å²) in [4.78, 5) is 0. The van der Waals surface area contributed by atoms with Crippen LogP contribution in [0.1, 0.15) is 30.9 Å². The Balaban J connectivity index is 2.78. The Bertz CT molecular complexity index is 258. The van der Waals surface area contributed by atoms with Crippen molar-refractivity contribution in [3.05, 3.63) is 35.4 Å². The Morgan fingerprint density at radius 2 is 2.00 bits per heavy atom. The molecular weight excluding hydrogens is 176 g/mol. The number of hydrogen-bond acceptors (Lipinski definition) is 1. The van der Waals surface area contributed by atoms with E-state index in [9.17, 15) is 0 Å². The summed E-state index contributed by atoms with van der Waals surface area (Å²) in [5.41, 5.74) is 2.81. The third kappa shape index (κ3) is 2.97. The van der Waals surface area contributed by atoms with Crippen LogP contribution in [0.25, 0.3) is 0 Å². The normalized spacial score (nSPS) is 10.8. The maximum absolute atomic E-state index is 4.89. The highest BCUT2D eigenvalue weighted by Gasteiger charge is 2.04. The Morgan fingerprint density at radius 1 is 1.31 bits per heavy atom. The smallest absolute Gasteiger partial charge is 0.246 e. The molecule has 1 aromatic rings. The standard InChI is InChI=1S/C11H15OSi/c1-9(2)11-6-4-3-5-10(11)7-8-12-13/h3-6,9H,7-8H2,1-2H3. The van der Waals surface area contributed by atoms with Crippen LogP contribution in [0.5, 0.6) is 0 Å². The maximum atomic E-state index is 4.89. The van der Waals surface area contributed by atoms with Crippen molar-refractivity contribution in [3.63, 3.8) is 0 Å². The molecule has 1 aromatic carbocycles. The van der Waals surface area contributed by atoms with Crippen LogP contribution in [-0.2, 0) is 10.8 Å². The van der Waals surface area contributed by atoms with Crippen molar-refractivity contribution in [2.75, 3.05) is 6.61 Å². The van der Waals surface area contributed by atoms with E-state index in [1.54, 1.807) is 0 Å². The van der Waals surface area contributed by atoms with Crippen molar-refractivity contribution in [1.82, 2.24) is 0 Å². The molecule has 2 heteroatoms.